The zero-order chi connectivity index (χ0) is 21.5. The minimum absolute atomic E-state index is 0.0134. The number of benzene rings is 2. The smallest absolute Gasteiger partial charge is 0.338 e. The molecule has 3 aliphatic rings. The summed E-state index contributed by atoms with van der Waals surface area (Å²) in [6.45, 7) is 8.58. The molecule has 4 atom stereocenters. The van der Waals surface area contributed by atoms with E-state index in [1.54, 1.807) is 24.3 Å². The highest BCUT2D eigenvalue weighted by molar-refractivity contribution is 5.90. The Kier molecular flexibility index (Phi) is 5.05. The van der Waals surface area contributed by atoms with Crippen LogP contribution in [0.3, 0.4) is 0 Å². The van der Waals surface area contributed by atoms with Crippen LogP contribution in [0.25, 0.3) is 0 Å². The van der Waals surface area contributed by atoms with Crippen molar-refractivity contribution < 1.29 is 19.1 Å². The largest absolute Gasteiger partial charge is 0.454 e. The van der Waals surface area contributed by atoms with Crippen LogP contribution >= 0.6 is 0 Å². The number of carbonyl (C=O) groups excluding carboxylic acids is 2. The minimum Gasteiger partial charge on any atom is -0.454 e. The van der Waals surface area contributed by atoms with E-state index in [-0.39, 0.29) is 23.3 Å². The average Bonchev–Trinajstić information content (AvgIpc) is 2.70. The van der Waals surface area contributed by atoms with Crippen molar-refractivity contribution in [3.05, 3.63) is 83.4 Å². The first-order chi connectivity index (χ1) is 14.2. The van der Waals surface area contributed by atoms with Crippen molar-refractivity contribution in [1.29, 1.82) is 0 Å². The normalized spacial score (nSPS) is 29.1. The van der Waals surface area contributed by atoms with Gasteiger partial charge >= 0.3 is 11.9 Å². The molecule has 0 radical (unpaired) electrons. The molecular formula is C26H28O4. The molecule has 2 aromatic rings. The quantitative estimate of drug-likeness (QED) is 0.502. The van der Waals surface area contributed by atoms with Gasteiger partial charge in [0.15, 0.2) is 0 Å². The van der Waals surface area contributed by atoms with Crippen LogP contribution in [-0.2, 0) is 9.47 Å². The molecule has 4 heteroatoms. The van der Waals surface area contributed by atoms with Crippen LogP contribution in [0.2, 0.25) is 0 Å². The number of esters is 2. The molecule has 30 heavy (non-hydrogen) atoms. The Balaban J connectivity index is 1.68. The summed E-state index contributed by atoms with van der Waals surface area (Å²) in [4.78, 5) is 25.8. The van der Waals surface area contributed by atoms with E-state index in [2.05, 4.69) is 33.8 Å². The number of carbonyl (C=O) groups is 2. The van der Waals surface area contributed by atoms with Gasteiger partial charge < -0.3 is 9.47 Å². The van der Waals surface area contributed by atoms with Crippen LogP contribution in [0, 0.1) is 16.7 Å². The van der Waals surface area contributed by atoms with Crippen LogP contribution in [0.5, 0.6) is 0 Å². The Labute approximate surface area is 177 Å². The summed E-state index contributed by atoms with van der Waals surface area (Å²) in [5.41, 5.74) is 1.69. The van der Waals surface area contributed by atoms with Crippen LogP contribution in [-0.4, -0.2) is 24.1 Å². The topological polar surface area (TPSA) is 52.6 Å². The standard InChI is InChI=1S/C26H28O4/c1-17-15-26(4)16-25(2,3)20(17)21(29-23(27)18-11-7-5-8-12-18)22(26)30-24(28)19-13-9-6-10-14-19/h5-15,20-22H,16H2,1-4H3. The molecular weight excluding hydrogens is 376 g/mol. The Hall–Kier alpha value is -2.88. The molecule has 0 heterocycles. The summed E-state index contributed by atoms with van der Waals surface area (Å²) in [5, 5.41) is 0. The van der Waals surface area contributed by atoms with Gasteiger partial charge in [0.25, 0.3) is 0 Å². The predicted molar refractivity (Wildman–Crippen MR) is 115 cm³/mol. The van der Waals surface area contributed by atoms with E-state index in [9.17, 15) is 9.59 Å². The number of fused-ring (bicyclic) bond motifs is 2. The lowest BCUT2D eigenvalue weighted by Gasteiger charge is -2.58. The van der Waals surface area contributed by atoms with Crippen molar-refractivity contribution in [1.82, 2.24) is 0 Å². The molecule has 2 aromatic carbocycles. The van der Waals surface area contributed by atoms with E-state index in [4.69, 9.17) is 9.47 Å². The molecule has 0 spiro atoms. The van der Waals surface area contributed by atoms with E-state index < -0.39 is 17.6 Å². The van der Waals surface area contributed by atoms with Crippen LogP contribution in [0.4, 0.5) is 0 Å². The maximum Gasteiger partial charge on any atom is 0.338 e. The number of rotatable bonds is 4. The van der Waals surface area contributed by atoms with Gasteiger partial charge in [-0.1, -0.05) is 68.8 Å². The second-order valence-electron chi connectivity index (χ2n) is 9.47. The molecule has 4 nitrogen and oxygen atoms in total. The predicted octanol–water partition coefficient (Wildman–Crippen LogP) is 5.45. The van der Waals surface area contributed by atoms with Gasteiger partial charge in [0, 0.05) is 11.3 Å². The Morgan fingerprint density at radius 1 is 0.833 bits per heavy atom. The van der Waals surface area contributed by atoms with Crippen LogP contribution in [0.1, 0.15) is 54.8 Å². The molecule has 2 bridgehead atoms. The summed E-state index contributed by atoms with van der Waals surface area (Å²) < 4.78 is 12.1. The summed E-state index contributed by atoms with van der Waals surface area (Å²) in [6.07, 6.45) is 1.98. The van der Waals surface area contributed by atoms with Crippen LogP contribution < -0.4 is 0 Å². The first kappa shape index (κ1) is 20.4. The first-order valence-electron chi connectivity index (χ1n) is 10.4. The number of hydrogen-bond acceptors (Lipinski definition) is 4. The lowest BCUT2D eigenvalue weighted by molar-refractivity contribution is -0.152. The molecule has 1 fully saturated rings. The fourth-order valence-electron chi connectivity index (χ4n) is 5.66. The zero-order valence-corrected chi connectivity index (χ0v) is 17.9. The van der Waals surface area contributed by atoms with Crippen molar-refractivity contribution in [3.63, 3.8) is 0 Å². The first-order valence-corrected chi connectivity index (χ1v) is 10.4. The molecule has 156 valence electrons. The second-order valence-corrected chi connectivity index (χ2v) is 9.47. The summed E-state index contributed by atoms with van der Waals surface area (Å²) in [7, 11) is 0. The van der Waals surface area contributed by atoms with Gasteiger partial charge in [-0.2, -0.15) is 0 Å². The van der Waals surface area contributed by atoms with Crippen molar-refractivity contribution in [3.8, 4) is 0 Å². The third-order valence-corrected chi connectivity index (χ3v) is 6.50. The fraction of sp³-hybridized carbons (Fsp3) is 0.385. The summed E-state index contributed by atoms with van der Waals surface area (Å²) in [6, 6.07) is 17.9. The van der Waals surface area contributed by atoms with E-state index >= 15 is 0 Å². The van der Waals surface area contributed by atoms with Crippen molar-refractivity contribution in [2.75, 3.05) is 0 Å². The molecule has 0 amide bonds. The highest BCUT2D eigenvalue weighted by Crippen LogP contribution is 2.59. The molecule has 3 aliphatic carbocycles. The average molecular weight is 405 g/mol. The van der Waals surface area contributed by atoms with Gasteiger partial charge in [-0.25, -0.2) is 9.59 Å². The number of ether oxygens (including phenoxy) is 2. The van der Waals surface area contributed by atoms with Gasteiger partial charge in [0.05, 0.1) is 11.1 Å². The van der Waals surface area contributed by atoms with E-state index in [1.165, 1.54) is 5.57 Å². The molecule has 4 unspecified atom stereocenters. The van der Waals surface area contributed by atoms with Gasteiger partial charge in [-0.05, 0) is 43.0 Å². The summed E-state index contributed by atoms with van der Waals surface area (Å²) in [5.74, 6) is -0.791. The van der Waals surface area contributed by atoms with Crippen molar-refractivity contribution in [2.24, 2.45) is 16.7 Å². The third-order valence-electron chi connectivity index (χ3n) is 6.50. The highest BCUT2D eigenvalue weighted by Gasteiger charge is 2.60. The molecule has 0 saturated heterocycles. The fourth-order valence-corrected chi connectivity index (χ4v) is 5.66. The van der Waals surface area contributed by atoms with E-state index in [0.29, 0.717) is 11.1 Å². The molecule has 0 aromatic heterocycles. The maximum atomic E-state index is 12.9. The maximum absolute atomic E-state index is 12.9. The number of hydrogen-bond donors (Lipinski definition) is 0. The lowest BCUT2D eigenvalue weighted by atomic mass is 9.50. The Morgan fingerprint density at radius 2 is 1.33 bits per heavy atom. The van der Waals surface area contributed by atoms with Crippen molar-refractivity contribution in [2.45, 2.75) is 46.3 Å². The van der Waals surface area contributed by atoms with Gasteiger partial charge in [-0.15, -0.1) is 0 Å². The van der Waals surface area contributed by atoms with Gasteiger partial charge in [0.2, 0.25) is 0 Å². The Morgan fingerprint density at radius 3 is 1.83 bits per heavy atom. The molecule has 5 rings (SSSR count). The Bertz CT molecular complexity index is 977. The van der Waals surface area contributed by atoms with Gasteiger partial charge in [0.1, 0.15) is 12.2 Å². The SMILES string of the molecule is CC1=CC2(C)CC(C)(C)C1C(OC(=O)c1ccccc1)C2OC(=O)c1ccccc1. The van der Waals surface area contributed by atoms with Crippen LogP contribution in [0.15, 0.2) is 72.3 Å². The molecule has 1 saturated carbocycles. The minimum atomic E-state index is -0.542. The highest BCUT2D eigenvalue weighted by atomic mass is 16.6. The van der Waals surface area contributed by atoms with E-state index in [1.807, 2.05) is 36.4 Å². The van der Waals surface area contributed by atoms with Crippen molar-refractivity contribution >= 4 is 11.9 Å². The lowest BCUT2D eigenvalue weighted by Crippen LogP contribution is -2.61. The molecule has 0 N–H and O–H groups in total. The monoisotopic (exact) mass is 404 g/mol. The summed E-state index contributed by atoms with van der Waals surface area (Å²) >= 11 is 0. The molecule has 0 aliphatic heterocycles. The third kappa shape index (κ3) is 3.55. The zero-order valence-electron chi connectivity index (χ0n) is 17.9. The van der Waals surface area contributed by atoms with E-state index in [0.717, 1.165) is 6.42 Å². The van der Waals surface area contributed by atoms with Gasteiger partial charge in [-0.3, -0.25) is 0 Å². The second kappa shape index (κ2) is 7.42.